The fourth-order valence-electron chi connectivity index (χ4n) is 2.09. The highest BCUT2D eigenvalue weighted by atomic mass is 16.5. The third-order valence-corrected chi connectivity index (χ3v) is 3.41. The number of ether oxygens (including phenoxy) is 1. The van der Waals surface area contributed by atoms with Gasteiger partial charge in [0, 0.05) is 6.54 Å². The zero-order valence-electron chi connectivity index (χ0n) is 12.1. The van der Waals surface area contributed by atoms with Gasteiger partial charge in [0.1, 0.15) is 0 Å². The Labute approximate surface area is 119 Å². The topological polar surface area (TPSA) is 92.2 Å². The number of rotatable bonds is 8. The van der Waals surface area contributed by atoms with Crippen molar-refractivity contribution in [1.82, 2.24) is 15.0 Å². The maximum absolute atomic E-state index is 9.50. The van der Waals surface area contributed by atoms with Crippen LogP contribution >= 0.6 is 0 Å². The molecule has 0 amide bonds. The van der Waals surface area contributed by atoms with E-state index in [9.17, 15) is 5.11 Å². The molecule has 0 aromatic carbocycles. The predicted molar refractivity (Wildman–Crippen MR) is 77.1 cm³/mol. The van der Waals surface area contributed by atoms with Gasteiger partial charge in [0.05, 0.1) is 18.8 Å². The molecule has 20 heavy (non-hydrogen) atoms. The molecule has 1 aromatic rings. The quantitative estimate of drug-likeness (QED) is 0.663. The van der Waals surface area contributed by atoms with E-state index in [2.05, 4.69) is 32.5 Å². The molecule has 0 aliphatic heterocycles. The zero-order chi connectivity index (χ0) is 14.4. The second kappa shape index (κ2) is 6.69. The smallest absolute Gasteiger partial charge is 0.323 e. The lowest BCUT2D eigenvalue weighted by molar-refractivity contribution is 0.143. The Bertz CT molecular complexity index is 431. The Kier molecular flexibility index (Phi) is 4.94. The highest BCUT2D eigenvalue weighted by Gasteiger charge is 2.37. The monoisotopic (exact) mass is 281 g/mol. The summed E-state index contributed by atoms with van der Waals surface area (Å²) in [5.41, 5.74) is -0.285. The van der Waals surface area contributed by atoms with Crippen molar-refractivity contribution in [2.45, 2.75) is 45.1 Å². The van der Waals surface area contributed by atoms with Crippen molar-refractivity contribution in [3.63, 3.8) is 0 Å². The molecule has 1 fully saturated rings. The molecule has 1 saturated carbocycles. The third-order valence-electron chi connectivity index (χ3n) is 3.41. The number of hydrogen-bond acceptors (Lipinski definition) is 7. The molecule has 1 aromatic heterocycles. The molecule has 0 unspecified atom stereocenters. The van der Waals surface area contributed by atoms with E-state index in [1.54, 1.807) is 0 Å². The molecule has 1 aliphatic rings. The standard InChI is InChI=1S/C13H23N5O2/c1-3-8-14-10-15-11(17-12(16-10)20-4-2)18-13(9-19)6-5-7-13/h19H,3-9H2,1-2H3,(H2,14,15,16,17,18). The van der Waals surface area contributed by atoms with E-state index >= 15 is 0 Å². The summed E-state index contributed by atoms with van der Waals surface area (Å²) in [6, 6.07) is 0.302. The summed E-state index contributed by atoms with van der Waals surface area (Å²) in [6.45, 7) is 5.34. The molecule has 112 valence electrons. The highest BCUT2D eigenvalue weighted by molar-refractivity contribution is 5.39. The van der Waals surface area contributed by atoms with Gasteiger partial charge in [0.15, 0.2) is 0 Å². The van der Waals surface area contributed by atoms with Crippen LogP contribution in [0.4, 0.5) is 11.9 Å². The van der Waals surface area contributed by atoms with E-state index in [0.29, 0.717) is 24.5 Å². The molecule has 0 spiro atoms. The fourth-order valence-corrected chi connectivity index (χ4v) is 2.09. The van der Waals surface area contributed by atoms with Gasteiger partial charge in [0.25, 0.3) is 0 Å². The molecule has 2 rings (SSSR count). The Morgan fingerprint density at radius 2 is 1.95 bits per heavy atom. The Hall–Kier alpha value is -1.63. The van der Waals surface area contributed by atoms with Gasteiger partial charge in [0.2, 0.25) is 11.9 Å². The number of nitrogens with zero attached hydrogens (tertiary/aromatic N) is 3. The van der Waals surface area contributed by atoms with E-state index in [4.69, 9.17) is 4.74 Å². The first kappa shape index (κ1) is 14.8. The average molecular weight is 281 g/mol. The van der Waals surface area contributed by atoms with E-state index < -0.39 is 0 Å². The van der Waals surface area contributed by atoms with Crippen molar-refractivity contribution in [2.75, 3.05) is 30.4 Å². The van der Waals surface area contributed by atoms with Crippen molar-refractivity contribution in [2.24, 2.45) is 0 Å². The van der Waals surface area contributed by atoms with Crippen LogP contribution in [0.5, 0.6) is 6.01 Å². The van der Waals surface area contributed by atoms with Crippen LogP contribution in [0, 0.1) is 0 Å². The van der Waals surface area contributed by atoms with Crippen molar-refractivity contribution in [3.05, 3.63) is 0 Å². The van der Waals surface area contributed by atoms with Crippen molar-refractivity contribution in [1.29, 1.82) is 0 Å². The second-order valence-electron chi connectivity index (χ2n) is 5.04. The molecule has 7 heteroatoms. The van der Waals surface area contributed by atoms with Gasteiger partial charge in [-0.05, 0) is 32.6 Å². The van der Waals surface area contributed by atoms with Gasteiger partial charge in [-0.25, -0.2) is 0 Å². The fraction of sp³-hybridized carbons (Fsp3) is 0.769. The number of nitrogens with one attached hydrogen (secondary N) is 2. The van der Waals surface area contributed by atoms with Crippen LogP contribution in [0.25, 0.3) is 0 Å². The largest absolute Gasteiger partial charge is 0.464 e. The molecule has 0 bridgehead atoms. The highest BCUT2D eigenvalue weighted by Crippen LogP contribution is 2.34. The lowest BCUT2D eigenvalue weighted by Gasteiger charge is -2.40. The molecule has 3 N–H and O–H groups in total. The molecule has 0 saturated heterocycles. The summed E-state index contributed by atoms with van der Waals surface area (Å²) in [5.74, 6) is 0.955. The Morgan fingerprint density at radius 3 is 2.50 bits per heavy atom. The summed E-state index contributed by atoms with van der Waals surface area (Å²) in [6.07, 6.45) is 3.95. The van der Waals surface area contributed by atoms with Gasteiger partial charge in [-0.15, -0.1) is 0 Å². The van der Waals surface area contributed by atoms with Gasteiger partial charge in [-0.2, -0.15) is 15.0 Å². The summed E-state index contributed by atoms with van der Waals surface area (Å²) in [5, 5.41) is 15.9. The average Bonchev–Trinajstić information content (AvgIpc) is 2.41. The van der Waals surface area contributed by atoms with Gasteiger partial charge >= 0.3 is 6.01 Å². The molecule has 1 aliphatic carbocycles. The summed E-state index contributed by atoms with van der Waals surface area (Å²) in [7, 11) is 0. The minimum Gasteiger partial charge on any atom is -0.464 e. The maximum Gasteiger partial charge on any atom is 0.323 e. The number of aromatic nitrogens is 3. The maximum atomic E-state index is 9.50. The molecule has 1 heterocycles. The number of aliphatic hydroxyl groups is 1. The van der Waals surface area contributed by atoms with E-state index in [-0.39, 0.29) is 12.1 Å². The van der Waals surface area contributed by atoms with Crippen LogP contribution in [-0.2, 0) is 0 Å². The molecular formula is C13H23N5O2. The van der Waals surface area contributed by atoms with Gasteiger partial charge in [-0.1, -0.05) is 6.92 Å². The predicted octanol–water partition coefficient (Wildman–Crippen LogP) is 1.42. The first-order valence-corrected chi connectivity index (χ1v) is 7.23. The minimum absolute atomic E-state index is 0.0837. The SMILES string of the molecule is CCCNc1nc(NC2(CO)CCC2)nc(OCC)n1. The summed E-state index contributed by atoms with van der Waals surface area (Å²) in [4.78, 5) is 12.8. The Morgan fingerprint density at radius 1 is 1.20 bits per heavy atom. The van der Waals surface area contributed by atoms with E-state index in [1.807, 2.05) is 6.92 Å². The lowest BCUT2D eigenvalue weighted by atomic mass is 9.77. The minimum atomic E-state index is -0.285. The van der Waals surface area contributed by atoms with Gasteiger partial charge < -0.3 is 20.5 Å². The first-order chi connectivity index (χ1) is 9.71. The zero-order valence-corrected chi connectivity index (χ0v) is 12.1. The second-order valence-corrected chi connectivity index (χ2v) is 5.04. The third kappa shape index (κ3) is 3.47. The molecule has 0 radical (unpaired) electrons. The normalized spacial score (nSPS) is 16.4. The van der Waals surface area contributed by atoms with Crippen molar-refractivity contribution in [3.8, 4) is 6.01 Å². The van der Waals surface area contributed by atoms with Crippen LogP contribution in [-0.4, -0.2) is 45.4 Å². The first-order valence-electron chi connectivity index (χ1n) is 7.23. The van der Waals surface area contributed by atoms with E-state index in [1.165, 1.54) is 0 Å². The molecule has 7 nitrogen and oxygen atoms in total. The lowest BCUT2D eigenvalue weighted by Crippen LogP contribution is -2.48. The summed E-state index contributed by atoms with van der Waals surface area (Å²) < 4.78 is 5.36. The summed E-state index contributed by atoms with van der Waals surface area (Å²) >= 11 is 0. The number of hydrogen-bond donors (Lipinski definition) is 3. The van der Waals surface area contributed by atoms with Crippen LogP contribution in [0.2, 0.25) is 0 Å². The van der Waals surface area contributed by atoms with Gasteiger partial charge in [-0.3, -0.25) is 0 Å². The number of anilines is 2. The number of aliphatic hydroxyl groups excluding tert-OH is 1. The van der Waals surface area contributed by atoms with Crippen LogP contribution < -0.4 is 15.4 Å². The van der Waals surface area contributed by atoms with Crippen LogP contribution in [0.15, 0.2) is 0 Å². The van der Waals surface area contributed by atoms with Crippen LogP contribution in [0.1, 0.15) is 39.5 Å². The van der Waals surface area contributed by atoms with Crippen molar-refractivity contribution >= 4 is 11.9 Å². The molecule has 0 atom stereocenters. The van der Waals surface area contributed by atoms with E-state index in [0.717, 1.165) is 32.2 Å². The molecular weight excluding hydrogens is 258 g/mol. The van der Waals surface area contributed by atoms with Crippen molar-refractivity contribution < 1.29 is 9.84 Å². The Balaban J connectivity index is 2.15. The van der Waals surface area contributed by atoms with Crippen LogP contribution in [0.3, 0.4) is 0 Å².